The summed E-state index contributed by atoms with van der Waals surface area (Å²) >= 11 is 0. The van der Waals surface area contributed by atoms with Gasteiger partial charge in [-0.25, -0.2) is 4.79 Å². The summed E-state index contributed by atoms with van der Waals surface area (Å²) in [5.41, 5.74) is 1.21. The second kappa shape index (κ2) is 11.3. The molecule has 2 aromatic rings. The van der Waals surface area contributed by atoms with Gasteiger partial charge in [-0.05, 0) is 43.2 Å². The van der Waals surface area contributed by atoms with Crippen LogP contribution in [0.4, 0.5) is 5.69 Å². The summed E-state index contributed by atoms with van der Waals surface area (Å²) < 4.78 is 10.1. The molecule has 2 N–H and O–H groups in total. The molecule has 0 radical (unpaired) electrons. The minimum absolute atomic E-state index is 0.0909. The number of nitrogens with zero attached hydrogens (tertiary/aromatic N) is 1. The lowest BCUT2D eigenvalue weighted by Gasteiger charge is -2.12. The third kappa shape index (κ3) is 6.78. The van der Waals surface area contributed by atoms with Gasteiger partial charge in [0.05, 0.1) is 24.4 Å². The summed E-state index contributed by atoms with van der Waals surface area (Å²) in [6.45, 7) is 0.706. The molecule has 160 valence electrons. The summed E-state index contributed by atoms with van der Waals surface area (Å²) in [4.78, 5) is 36.7. The molecule has 0 saturated carbocycles. The Bertz CT molecular complexity index is 1010. The van der Waals surface area contributed by atoms with Crippen LogP contribution in [0.5, 0.6) is 5.75 Å². The average Bonchev–Trinajstić information content (AvgIpc) is 2.77. The summed E-state index contributed by atoms with van der Waals surface area (Å²) in [5, 5.41) is 19.1. The number of benzene rings is 2. The van der Waals surface area contributed by atoms with Crippen molar-refractivity contribution < 1.29 is 23.9 Å². The zero-order chi connectivity index (χ0) is 22.8. The molecule has 1 unspecified atom stereocenters. The lowest BCUT2D eigenvalue weighted by Crippen LogP contribution is -2.26. The fraction of sp³-hybridized carbons (Fsp3) is 0.261. The highest BCUT2D eigenvalue weighted by atomic mass is 16.5. The fourth-order valence-corrected chi connectivity index (χ4v) is 2.74. The molecule has 1 atom stereocenters. The number of nitriles is 1. The second-order valence-corrected chi connectivity index (χ2v) is 6.73. The van der Waals surface area contributed by atoms with E-state index < -0.39 is 24.3 Å². The van der Waals surface area contributed by atoms with Crippen molar-refractivity contribution in [3.05, 3.63) is 59.7 Å². The van der Waals surface area contributed by atoms with Crippen molar-refractivity contribution in [2.75, 3.05) is 19.0 Å². The molecule has 0 bridgehead atoms. The quantitative estimate of drug-likeness (QED) is 0.448. The maximum absolute atomic E-state index is 12.4. The Labute approximate surface area is 180 Å². The van der Waals surface area contributed by atoms with Crippen molar-refractivity contribution in [3.8, 4) is 11.8 Å². The molecule has 0 aliphatic rings. The van der Waals surface area contributed by atoms with Gasteiger partial charge in [0, 0.05) is 12.1 Å². The maximum Gasteiger partial charge on any atom is 0.340 e. The number of amides is 1. The first-order valence-electron chi connectivity index (χ1n) is 9.52. The largest absolute Gasteiger partial charge is 0.497 e. The molecule has 2 rings (SSSR count). The smallest absolute Gasteiger partial charge is 0.340 e. The highest BCUT2D eigenvalue weighted by molar-refractivity contribution is 6.07. The predicted octanol–water partition coefficient (Wildman–Crippen LogP) is 3.17. The highest BCUT2D eigenvalue weighted by Crippen LogP contribution is 2.18. The third-order valence-electron chi connectivity index (χ3n) is 4.45. The first-order chi connectivity index (χ1) is 14.8. The summed E-state index contributed by atoms with van der Waals surface area (Å²) in [6, 6.07) is 15.4. The number of carbonyl (C=O) groups is 3. The average molecular weight is 421 g/mol. The molecule has 0 saturated heterocycles. The van der Waals surface area contributed by atoms with Gasteiger partial charge in [0.1, 0.15) is 11.7 Å². The van der Waals surface area contributed by atoms with E-state index in [1.165, 1.54) is 13.0 Å². The molecule has 8 nitrogen and oxygen atoms in total. The topological polar surface area (TPSA) is 129 Å². The third-order valence-corrected chi connectivity index (χ3v) is 4.45. The number of methoxy groups -OCH3 is 1. The number of para-hydroxylation sites is 1. The molecule has 0 fully saturated rings. The molecule has 0 aliphatic carbocycles. The van der Waals surface area contributed by atoms with Crippen LogP contribution < -0.4 is 10.1 Å². The van der Waals surface area contributed by atoms with Crippen LogP contribution in [0.3, 0.4) is 0 Å². The van der Waals surface area contributed by atoms with E-state index in [4.69, 9.17) is 20.1 Å². The van der Waals surface area contributed by atoms with Gasteiger partial charge in [-0.2, -0.15) is 5.26 Å². The first kappa shape index (κ1) is 23.3. The van der Waals surface area contributed by atoms with E-state index in [1.54, 1.807) is 31.4 Å². The van der Waals surface area contributed by atoms with Gasteiger partial charge in [0.2, 0.25) is 5.91 Å². The van der Waals surface area contributed by atoms with Crippen molar-refractivity contribution in [3.63, 3.8) is 0 Å². The van der Waals surface area contributed by atoms with Crippen molar-refractivity contribution in [2.24, 2.45) is 5.92 Å². The van der Waals surface area contributed by atoms with E-state index in [2.05, 4.69) is 5.32 Å². The monoisotopic (exact) mass is 421 g/mol. The Morgan fingerprint density at radius 3 is 2.42 bits per heavy atom. The van der Waals surface area contributed by atoms with Gasteiger partial charge in [-0.3, -0.25) is 9.59 Å². The molecular weight excluding hydrogens is 398 g/mol. The molecular formula is C23H23N3O5. The number of ether oxygens (including phenoxy) is 2. The van der Waals surface area contributed by atoms with Crippen LogP contribution >= 0.6 is 0 Å². The molecule has 8 heteroatoms. The van der Waals surface area contributed by atoms with Crippen LogP contribution in [0, 0.1) is 22.7 Å². The minimum Gasteiger partial charge on any atom is -0.497 e. The number of Topliss-reactive ketones (excluding diaryl/α,β-unsaturated/α-hetero) is 1. The zero-order valence-electron chi connectivity index (χ0n) is 17.3. The zero-order valence-corrected chi connectivity index (χ0v) is 17.3. The van der Waals surface area contributed by atoms with Gasteiger partial charge in [-0.15, -0.1) is 0 Å². The molecule has 0 spiro atoms. The van der Waals surface area contributed by atoms with Gasteiger partial charge in [0.25, 0.3) is 0 Å². The fourth-order valence-electron chi connectivity index (χ4n) is 2.74. The summed E-state index contributed by atoms with van der Waals surface area (Å²) in [7, 11) is 1.58. The lowest BCUT2D eigenvalue weighted by molar-refractivity contribution is -0.122. The predicted molar refractivity (Wildman–Crippen MR) is 114 cm³/mol. The Morgan fingerprint density at radius 1 is 1.13 bits per heavy atom. The van der Waals surface area contributed by atoms with Gasteiger partial charge < -0.3 is 20.2 Å². The van der Waals surface area contributed by atoms with Crippen LogP contribution in [0.2, 0.25) is 0 Å². The summed E-state index contributed by atoms with van der Waals surface area (Å²) in [5.74, 6) is -2.28. The van der Waals surface area contributed by atoms with Crippen molar-refractivity contribution in [1.82, 2.24) is 0 Å². The number of nitrogens with one attached hydrogen (secondary N) is 2. The summed E-state index contributed by atoms with van der Waals surface area (Å²) in [6.07, 6.45) is 0.714. The van der Waals surface area contributed by atoms with E-state index in [0.717, 1.165) is 11.3 Å². The Balaban J connectivity index is 1.96. The number of rotatable bonds is 10. The molecule has 2 aromatic carbocycles. The molecule has 0 heterocycles. The van der Waals surface area contributed by atoms with Crippen LogP contribution in [0.25, 0.3) is 0 Å². The number of aryl methyl sites for hydroxylation is 1. The number of ketones is 1. The van der Waals surface area contributed by atoms with Crippen molar-refractivity contribution in [2.45, 2.75) is 19.8 Å². The number of anilines is 1. The number of hydrogen-bond acceptors (Lipinski definition) is 7. The molecule has 0 aliphatic heterocycles. The lowest BCUT2D eigenvalue weighted by atomic mass is 10.0. The SMILES string of the molecule is COc1ccc(CCC(=O)Nc2ccccc2C(=O)OCC(=O)C(C#N)C(C)=N)cc1. The highest BCUT2D eigenvalue weighted by Gasteiger charge is 2.22. The second-order valence-electron chi connectivity index (χ2n) is 6.73. The van der Waals surface area contributed by atoms with Crippen molar-refractivity contribution in [1.29, 1.82) is 10.7 Å². The Hall–Kier alpha value is -3.99. The van der Waals surface area contributed by atoms with E-state index in [-0.39, 0.29) is 29.3 Å². The molecule has 1 amide bonds. The number of carbonyl (C=O) groups excluding carboxylic acids is 3. The normalized spacial score (nSPS) is 11.0. The molecule has 0 aromatic heterocycles. The van der Waals surface area contributed by atoms with Gasteiger partial charge in [-0.1, -0.05) is 24.3 Å². The van der Waals surface area contributed by atoms with E-state index in [1.807, 2.05) is 24.3 Å². The standard InChI is InChI=1S/C23H23N3O5/c1-15(25)19(13-24)21(27)14-31-23(29)18-5-3-4-6-20(18)26-22(28)12-9-16-7-10-17(30-2)11-8-16/h3-8,10-11,19,25H,9,12,14H2,1-2H3,(H,26,28). The number of hydrogen-bond donors (Lipinski definition) is 2. The van der Waals surface area contributed by atoms with Gasteiger partial charge in [0.15, 0.2) is 12.4 Å². The minimum atomic E-state index is -1.25. The van der Waals surface area contributed by atoms with Crippen LogP contribution in [0.15, 0.2) is 48.5 Å². The van der Waals surface area contributed by atoms with E-state index in [9.17, 15) is 14.4 Å². The molecule has 31 heavy (non-hydrogen) atoms. The van der Waals surface area contributed by atoms with E-state index >= 15 is 0 Å². The Morgan fingerprint density at radius 2 is 1.81 bits per heavy atom. The Kier molecular flexibility index (Phi) is 8.46. The first-order valence-corrected chi connectivity index (χ1v) is 9.52. The van der Waals surface area contributed by atoms with Crippen molar-refractivity contribution >= 4 is 29.1 Å². The van der Waals surface area contributed by atoms with Crippen LogP contribution in [-0.2, 0) is 20.7 Å². The van der Waals surface area contributed by atoms with Crippen LogP contribution in [-0.4, -0.2) is 37.1 Å². The van der Waals surface area contributed by atoms with E-state index in [0.29, 0.717) is 6.42 Å². The maximum atomic E-state index is 12.4. The van der Waals surface area contributed by atoms with Gasteiger partial charge >= 0.3 is 5.97 Å². The van der Waals surface area contributed by atoms with Crippen LogP contribution in [0.1, 0.15) is 29.3 Å². The number of esters is 1.